The summed E-state index contributed by atoms with van der Waals surface area (Å²) >= 11 is 0. The summed E-state index contributed by atoms with van der Waals surface area (Å²) < 4.78 is 2.20. The molecule has 2 N–H and O–H groups in total. The molecule has 0 aliphatic carbocycles. The van der Waals surface area contributed by atoms with Crippen molar-refractivity contribution in [3.8, 4) is 0 Å². The number of rotatable bonds is 2. The molecule has 2 aromatic heterocycles. The lowest BCUT2D eigenvalue weighted by molar-refractivity contribution is 0.836. The molecule has 1 aromatic carbocycles. The zero-order valence-corrected chi connectivity index (χ0v) is 10.3. The van der Waals surface area contributed by atoms with Crippen LogP contribution in [0.2, 0.25) is 0 Å². The third-order valence-corrected chi connectivity index (χ3v) is 3.12. The zero-order chi connectivity index (χ0) is 12.5. The Labute approximate surface area is 106 Å². The molecule has 0 fully saturated rings. The zero-order valence-electron chi connectivity index (χ0n) is 10.3. The fourth-order valence-electron chi connectivity index (χ4n) is 2.26. The van der Waals surface area contributed by atoms with Gasteiger partial charge >= 0.3 is 0 Å². The first-order chi connectivity index (χ1) is 8.74. The average molecular weight is 237 g/mol. The number of anilines is 1. The summed E-state index contributed by atoms with van der Waals surface area (Å²) in [6.45, 7) is 2.82. The number of hydrogen-bond donors (Lipinski definition) is 1. The van der Waals surface area contributed by atoms with Crippen molar-refractivity contribution in [3.05, 3.63) is 59.9 Å². The maximum absolute atomic E-state index is 5.94. The highest BCUT2D eigenvalue weighted by Crippen LogP contribution is 2.22. The van der Waals surface area contributed by atoms with E-state index in [1.807, 2.05) is 19.1 Å². The van der Waals surface area contributed by atoms with Gasteiger partial charge in [-0.25, -0.2) is 4.98 Å². The molecule has 0 saturated carbocycles. The van der Waals surface area contributed by atoms with Gasteiger partial charge in [0.15, 0.2) is 0 Å². The van der Waals surface area contributed by atoms with E-state index in [0.29, 0.717) is 5.82 Å². The Kier molecular flexibility index (Phi) is 2.52. The lowest BCUT2D eigenvalue weighted by atomic mass is 10.2. The van der Waals surface area contributed by atoms with Crippen molar-refractivity contribution in [2.75, 3.05) is 5.73 Å². The second kappa shape index (κ2) is 4.18. The molecular weight excluding hydrogens is 222 g/mol. The smallest absolute Gasteiger partial charge is 0.133 e. The molecule has 0 radical (unpaired) electrons. The molecule has 18 heavy (non-hydrogen) atoms. The third kappa shape index (κ3) is 1.84. The van der Waals surface area contributed by atoms with Crippen molar-refractivity contribution in [1.29, 1.82) is 0 Å². The number of aromatic nitrogens is 2. The predicted octanol–water partition coefficient (Wildman–Crippen LogP) is 2.98. The lowest BCUT2D eigenvalue weighted by Gasteiger charge is -2.06. The topological polar surface area (TPSA) is 43.8 Å². The molecular formula is C15H15N3. The third-order valence-electron chi connectivity index (χ3n) is 3.12. The van der Waals surface area contributed by atoms with Gasteiger partial charge in [0.25, 0.3) is 0 Å². The second-order valence-electron chi connectivity index (χ2n) is 4.51. The first kappa shape index (κ1) is 10.8. The van der Waals surface area contributed by atoms with Crippen LogP contribution in [0.1, 0.15) is 11.3 Å². The summed E-state index contributed by atoms with van der Waals surface area (Å²) in [4.78, 5) is 4.29. The van der Waals surface area contributed by atoms with Crippen LogP contribution in [0, 0.1) is 6.92 Å². The summed E-state index contributed by atoms with van der Waals surface area (Å²) in [5, 5.41) is 1.02. The molecule has 90 valence electrons. The van der Waals surface area contributed by atoms with Crippen molar-refractivity contribution >= 4 is 16.7 Å². The number of nitrogen functional groups attached to an aromatic ring is 1. The highest BCUT2D eigenvalue weighted by molar-refractivity contribution is 5.89. The normalized spacial score (nSPS) is 10.9. The monoisotopic (exact) mass is 237 g/mol. The number of nitrogens with zero attached hydrogens (tertiary/aromatic N) is 2. The lowest BCUT2D eigenvalue weighted by Crippen LogP contribution is -1.99. The minimum atomic E-state index is 0.608. The van der Waals surface area contributed by atoms with Crippen LogP contribution < -0.4 is 5.73 Å². The Hall–Kier alpha value is -2.29. The Bertz CT molecular complexity index is 684. The van der Waals surface area contributed by atoms with E-state index in [9.17, 15) is 0 Å². The molecule has 3 nitrogen and oxygen atoms in total. The summed E-state index contributed by atoms with van der Waals surface area (Å²) in [6.07, 6.45) is 2.06. The number of hydrogen-bond acceptors (Lipinski definition) is 2. The average Bonchev–Trinajstić information content (AvgIpc) is 2.74. The van der Waals surface area contributed by atoms with Crippen LogP contribution in [0.3, 0.4) is 0 Å². The van der Waals surface area contributed by atoms with E-state index in [1.165, 1.54) is 5.56 Å². The Morgan fingerprint density at radius 1 is 1.17 bits per heavy atom. The fourth-order valence-corrected chi connectivity index (χ4v) is 2.26. The molecule has 0 atom stereocenters. The van der Waals surface area contributed by atoms with E-state index >= 15 is 0 Å². The highest BCUT2D eigenvalue weighted by atomic mass is 15.0. The number of fused-ring (bicyclic) bond motifs is 1. The van der Waals surface area contributed by atoms with Crippen molar-refractivity contribution in [3.63, 3.8) is 0 Å². The van der Waals surface area contributed by atoms with Crippen LogP contribution in [0.5, 0.6) is 0 Å². The quantitative estimate of drug-likeness (QED) is 0.744. The van der Waals surface area contributed by atoms with Gasteiger partial charge in [-0.05, 0) is 24.6 Å². The summed E-state index contributed by atoms with van der Waals surface area (Å²) in [6, 6.07) is 14.5. The summed E-state index contributed by atoms with van der Waals surface area (Å²) in [5.74, 6) is 0.608. The van der Waals surface area contributed by atoms with Gasteiger partial charge in [-0.15, -0.1) is 0 Å². The fraction of sp³-hybridized carbons (Fsp3) is 0.133. The molecule has 0 amide bonds. The van der Waals surface area contributed by atoms with Gasteiger partial charge in [0.05, 0.1) is 5.52 Å². The van der Waals surface area contributed by atoms with Gasteiger partial charge in [-0.2, -0.15) is 0 Å². The van der Waals surface area contributed by atoms with E-state index in [4.69, 9.17) is 5.73 Å². The first-order valence-corrected chi connectivity index (χ1v) is 6.00. The van der Waals surface area contributed by atoms with E-state index in [1.54, 1.807) is 0 Å². The van der Waals surface area contributed by atoms with Gasteiger partial charge in [0, 0.05) is 23.8 Å². The number of aryl methyl sites for hydroxylation is 1. The van der Waals surface area contributed by atoms with E-state index in [0.717, 1.165) is 23.1 Å². The molecule has 0 aliphatic heterocycles. The largest absolute Gasteiger partial charge is 0.383 e. The van der Waals surface area contributed by atoms with Gasteiger partial charge in [0.2, 0.25) is 0 Å². The SMILES string of the molecule is Cc1cc2c(ccn2Cc2ccccc2)c(N)n1. The van der Waals surface area contributed by atoms with E-state index in [2.05, 4.69) is 46.1 Å². The van der Waals surface area contributed by atoms with Gasteiger partial charge in [0.1, 0.15) is 5.82 Å². The van der Waals surface area contributed by atoms with Crippen LogP contribution in [0.4, 0.5) is 5.82 Å². The number of benzene rings is 1. The van der Waals surface area contributed by atoms with Crippen molar-refractivity contribution < 1.29 is 0 Å². The first-order valence-electron chi connectivity index (χ1n) is 6.00. The van der Waals surface area contributed by atoms with Crippen molar-refractivity contribution in [2.45, 2.75) is 13.5 Å². The molecule has 0 saturated heterocycles. The maximum atomic E-state index is 5.94. The second-order valence-corrected chi connectivity index (χ2v) is 4.51. The maximum Gasteiger partial charge on any atom is 0.133 e. The molecule has 0 aliphatic rings. The minimum Gasteiger partial charge on any atom is -0.383 e. The molecule has 0 spiro atoms. The molecule has 3 rings (SSSR count). The molecule has 0 bridgehead atoms. The van der Waals surface area contributed by atoms with Crippen LogP contribution >= 0.6 is 0 Å². The molecule has 0 unspecified atom stereocenters. The van der Waals surface area contributed by atoms with E-state index in [-0.39, 0.29) is 0 Å². The van der Waals surface area contributed by atoms with E-state index < -0.39 is 0 Å². The van der Waals surface area contributed by atoms with Crippen molar-refractivity contribution in [1.82, 2.24) is 9.55 Å². The Morgan fingerprint density at radius 3 is 2.72 bits per heavy atom. The predicted molar refractivity (Wildman–Crippen MR) is 74.4 cm³/mol. The van der Waals surface area contributed by atoms with Crippen LogP contribution in [0.25, 0.3) is 10.9 Å². The Morgan fingerprint density at radius 2 is 1.94 bits per heavy atom. The van der Waals surface area contributed by atoms with Crippen LogP contribution in [-0.2, 0) is 6.54 Å². The van der Waals surface area contributed by atoms with Gasteiger partial charge < -0.3 is 10.3 Å². The minimum absolute atomic E-state index is 0.608. The summed E-state index contributed by atoms with van der Waals surface area (Å²) in [7, 11) is 0. The standard InChI is InChI=1S/C15H15N3/c1-11-9-14-13(15(16)17-11)7-8-18(14)10-12-5-3-2-4-6-12/h2-9H,10H2,1H3,(H2,16,17). The molecule has 3 heteroatoms. The van der Waals surface area contributed by atoms with Crippen LogP contribution in [-0.4, -0.2) is 9.55 Å². The summed E-state index contributed by atoms with van der Waals surface area (Å²) in [5.41, 5.74) is 9.31. The molecule has 2 heterocycles. The number of nitrogens with two attached hydrogens (primary N) is 1. The van der Waals surface area contributed by atoms with Crippen molar-refractivity contribution in [2.24, 2.45) is 0 Å². The number of pyridine rings is 1. The molecule has 3 aromatic rings. The van der Waals surface area contributed by atoms with Crippen LogP contribution in [0.15, 0.2) is 48.7 Å². The Balaban J connectivity index is 2.08. The van der Waals surface area contributed by atoms with Gasteiger partial charge in [-0.3, -0.25) is 0 Å². The highest BCUT2D eigenvalue weighted by Gasteiger charge is 2.06. The van der Waals surface area contributed by atoms with Gasteiger partial charge in [-0.1, -0.05) is 30.3 Å².